The van der Waals surface area contributed by atoms with Crippen LogP contribution in [0, 0.1) is 17.8 Å². The molecule has 4 heteroatoms. The molecule has 2 fully saturated rings. The Hall–Kier alpha value is -0.610. The summed E-state index contributed by atoms with van der Waals surface area (Å²) >= 11 is 0. The van der Waals surface area contributed by atoms with Crippen LogP contribution in [0.2, 0.25) is 0 Å². The number of nitrogens with two attached hydrogens (primary N) is 1. The van der Waals surface area contributed by atoms with Crippen LogP contribution in [-0.4, -0.2) is 43.0 Å². The van der Waals surface area contributed by atoms with E-state index in [1.54, 1.807) is 0 Å². The Bertz CT molecular complexity index is 321. The maximum absolute atomic E-state index is 12.1. The standard InChI is InChI=1S/C16H31N3O/c1-12-5-6-15(10-13(12)2)19-9-3-4-14(11-19)16(20)18-8-7-17/h12-15H,3-11,17H2,1-2H3,(H,18,20). The van der Waals surface area contributed by atoms with Crippen LogP contribution in [0.25, 0.3) is 0 Å². The lowest BCUT2D eigenvalue weighted by Crippen LogP contribution is -2.49. The zero-order valence-electron chi connectivity index (χ0n) is 13.1. The largest absolute Gasteiger partial charge is 0.355 e. The van der Waals surface area contributed by atoms with Crippen molar-refractivity contribution in [2.24, 2.45) is 23.5 Å². The van der Waals surface area contributed by atoms with Crippen molar-refractivity contribution in [3.8, 4) is 0 Å². The fourth-order valence-electron chi connectivity index (χ4n) is 3.74. The van der Waals surface area contributed by atoms with Gasteiger partial charge >= 0.3 is 0 Å². The fourth-order valence-corrected chi connectivity index (χ4v) is 3.74. The van der Waals surface area contributed by atoms with Gasteiger partial charge in [0, 0.05) is 25.7 Å². The van der Waals surface area contributed by atoms with Gasteiger partial charge in [0.1, 0.15) is 0 Å². The number of rotatable bonds is 4. The van der Waals surface area contributed by atoms with Gasteiger partial charge in [-0.05, 0) is 50.5 Å². The summed E-state index contributed by atoms with van der Waals surface area (Å²) in [4.78, 5) is 14.7. The van der Waals surface area contributed by atoms with Crippen LogP contribution >= 0.6 is 0 Å². The second kappa shape index (κ2) is 7.41. The number of carbonyl (C=O) groups excluding carboxylic acids is 1. The average molecular weight is 281 g/mol. The van der Waals surface area contributed by atoms with E-state index < -0.39 is 0 Å². The predicted molar refractivity (Wildman–Crippen MR) is 82.3 cm³/mol. The summed E-state index contributed by atoms with van der Waals surface area (Å²) in [6.07, 6.45) is 6.14. The van der Waals surface area contributed by atoms with E-state index in [2.05, 4.69) is 24.1 Å². The van der Waals surface area contributed by atoms with Gasteiger partial charge < -0.3 is 11.1 Å². The molecule has 1 heterocycles. The van der Waals surface area contributed by atoms with Crippen LogP contribution in [0.1, 0.15) is 46.0 Å². The molecule has 0 aromatic heterocycles. The minimum atomic E-state index is 0.171. The first kappa shape index (κ1) is 15.8. The molecule has 3 N–H and O–H groups in total. The molecule has 4 atom stereocenters. The monoisotopic (exact) mass is 281 g/mol. The van der Waals surface area contributed by atoms with Crippen LogP contribution in [0.3, 0.4) is 0 Å². The first-order valence-corrected chi connectivity index (χ1v) is 8.33. The highest BCUT2D eigenvalue weighted by Crippen LogP contribution is 2.33. The molecule has 1 amide bonds. The Labute approximate surface area is 123 Å². The highest BCUT2D eigenvalue weighted by Gasteiger charge is 2.33. The molecule has 1 aliphatic carbocycles. The lowest BCUT2D eigenvalue weighted by Gasteiger charge is -2.42. The van der Waals surface area contributed by atoms with Crippen LogP contribution in [0.15, 0.2) is 0 Å². The maximum Gasteiger partial charge on any atom is 0.224 e. The van der Waals surface area contributed by atoms with E-state index >= 15 is 0 Å². The van der Waals surface area contributed by atoms with Crippen LogP contribution in [0.5, 0.6) is 0 Å². The average Bonchev–Trinajstić information content (AvgIpc) is 2.47. The number of amides is 1. The van der Waals surface area contributed by atoms with Gasteiger partial charge in [0.05, 0.1) is 5.92 Å². The number of nitrogens with one attached hydrogen (secondary N) is 1. The molecule has 0 radical (unpaired) electrons. The van der Waals surface area contributed by atoms with E-state index in [0.717, 1.165) is 31.2 Å². The fraction of sp³-hybridized carbons (Fsp3) is 0.938. The number of hydrogen-bond acceptors (Lipinski definition) is 3. The molecule has 0 aromatic carbocycles. The van der Waals surface area contributed by atoms with Crippen molar-refractivity contribution in [1.29, 1.82) is 0 Å². The zero-order chi connectivity index (χ0) is 14.5. The molecule has 0 spiro atoms. The van der Waals surface area contributed by atoms with E-state index in [0.29, 0.717) is 19.1 Å². The van der Waals surface area contributed by atoms with E-state index in [9.17, 15) is 4.79 Å². The maximum atomic E-state index is 12.1. The van der Waals surface area contributed by atoms with Gasteiger partial charge in [-0.2, -0.15) is 0 Å². The van der Waals surface area contributed by atoms with Crippen molar-refractivity contribution in [2.45, 2.75) is 52.0 Å². The number of piperidine rings is 1. The third-order valence-corrected chi connectivity index (χ3v) is 5.35. The summed E-state index contributed by atoms with van der Waals surface area (Å²) < 4.78 is 0. The first-order valence-electron chi connectivity index (χ1n) is 8.33. The van der Waals surface area contributed by atoms with Crippen LogP contribution in [-0.2, 0) is 4.79 Å². The molecule has 20 heavy (non-hydrogen) atoms. The lowest BCUT2D eigenvalue weighted by atomic mass is 9.78. The van der Waals surface area contributed by atoms with Crippen molar-refractivity contribution in [3.05, 3.63) is 0 Å². The predicted octanol–water partition coefficient (Wildman–Crippen LogP) is 1.60. The van der Waals surface area contributed by atoms with Gasteiger partial charge in [-0.15, -0.1) is 0 Å². The van der Waals surface area contributed by atoms with Gasteiger partial charge in [0.2, 0.25) is 5.91 Å². The van der Waals surface area contributed by atoms with Crippen molar-refractivity contribution < 1.29 is 4.79 Å². The second-order valence-corrected chi connectivity index (χ2v) is 6.84. The van der Waals surface area contributed by atoms with Crippen molar-refractivity contribution in [2.75, 3.05) is 26.2 Å². The summed E-state index contributed by atoms with van der Waals surface area (Å²) in [5.74, 6) is 2.06. The van der Waals surface area contributed by atoms with Gasteiger partial charge in [-0.25, -0.2) is 0 Å². The minimum Gasteiger partial charge on any atom is -0.355 e. The smallest absolute Gasteiger partial charge is 0.224 e. The highest BCUT2D eigenvalue weighted by molar-refractivity contribution is 5.78. The summed E-state index contributed by atoms with van der Waals surface area (Å²) in [7, 11) is 0. The molecule has 0 aromatic rings. The van der Waals surface area contributed by atoms with E-state index in [-0.39, 0.29) is 11.8 Å². The Balaban J connectivity index is 1.85. The van der Waals surface area contributed by atoms with Gasteiger partial charge in [-0.1, -0.05) is 13.8 Å². The molecule has 4 unspecified atom stereocenters. The molecule has 2 rings (SSSR count). The quantitative estimate of drug-likeness (QED) is 0.823. The second-order valence-electron chi connectivity index (χ2n) is 6.84. The van der Waals surface area contributed by atoms with E-state index in [4.69, 9.17) is 5.73 Å². The van der Waals surface area contributed by atoms with E-state index in [1.807, 2.05) is 0 Å². The van der Waals surface area contributed by atoms with Crippen molar-refractivity contribution in [3.63, 3.8) is 0 Å². The summed E-state index contributed by atoms with van der Waals surface area (Å²) in [5, 5.41) is 2.95. The molecule has 116 valence electrons. The van der Waals surface area contributed by atoms with Gasteiger partial charge in [-0.3, -0.25) is 9.69 Å². The first-order chi connectivity index (χ1) is 9.61. The van der Waals surface area contributed by atoms with E-state index in [1.165, 1.54) is 25.8 Å². The molecule has 1 saturated heterocycles. The molecular formula is C16H31N3O. The molecular weight excluding hydrogens is 250 g/mol. The lowest BCUT2D eigenvalue weighted by molar-refractivity contribution is -0.127. The third kappa shape index (κ3) is 3.95. The number of likely N-dealkylation sites (tertiary alicyclic amines) is 1. The minimum absolute atomic E-state index is 0.171. The number of hydrogen-bond donors (Lipinski definition) is 2. The van der Waals surface area contributed by atoms with Gasteiger partial charge in [0.15, 0.2) is 0 Å². The van der Waals surface area contributed by atoms with Crippen LogP contribution in [0.4, 0.5) is 0 Å². The summed E-state index contributed by atoms with van der Waals surface area (Å²) in [6.45, 7) is 8.01. The topological polar surface area (TPSA) is 58.4 Å². The SMILES string of the molecule is CC1CCC(N2CCCC(C(=O)NCCN)C2)CC1C. The molecule has 1 saturated carbocycles. The van der Waals surface area contributed by atoms with Crippen molar-refractivity contribution >= 4 is 5.91 Å². The molecule has 1 aliphatic heterocycles. The Morgan fingerprint density at radius 1 is 1.25 bits per heavy atom. The Morgan fingerprint density at radius 2 is 2.05 bits per heavy atom. The van der Waals surface area contributed by atoms with Gasteiger partial charge in [0.25, 0.3) is 0 Å². The molecule has 2 aliphatic rings. The van der Waals surface area contributed by atoms with Crippen molar-refractivity contribution in [1.82, 2.24) is 10.2 Å². The zero-order valence-corrected chi connectivity index (χ0v) is 13.1. The molecule has 4 nitrogen and oxygen atoms in total. The Kier molecular flexibility index (Phi) is 5.85. The highest BCUT2D eigenvalue weighted by atomic mass is 16.1. The third-order valence-electron chi connectivity index (χ3n) is 5.35. The number of carbonyl (C=O) groups is 1. The Morgan fingerprint density at radius 3 is 2.75 bits per heavy atom. The van der Waals surface area contributed by atoms with Crippen LogP contribution < -0.4 is 11.1 Å². The summed E-state index contributed by atoms with van der Waals surface area (Å²) in [6, 6.07) is 0.700. The summed E-state index contributed by atoms with van der Waals surface area (Å²) in [5.41, 5.74) is 5.45. The number of nitrogens with zero attached hydrogens (tertiary/aromatic N) is 1. The normalized spacial score (nSPS) is 35.8. The molecule has 0 bridgehead atoms.